The molecule has 1 aromatic heterocycles. The van der Waals surface area contributed by atoms with E-state index >= 15 is 0 Å². The number of fused-ring (bicyclic) bond motifs is 1. The number of hydrogen-bond acceptors (Lipinski definition) is 3. The van der Waals surface area contributed by atoms with E-state index in [-0.39, 0.29) is 12.1 Å². The van der Waals surface area contributed by atoms with Gasteiger partial charge in [0.1, 0.15) is 11.6 Å². The first-order valence-electron chi connectivity index (χ1n) is 8.96. The van der Waals surface area contributed by atoms with Crippen molar-refractivity contribution in [2.24, 2.45) is 11.7 Å². The van der Waals surface area contributed by atoms with Crippen LogP contribution in [0.4, 0.5) is 4.79 Å². The monoisotopic (exact) mass is 326 g/mol. The fourth-order valence-electron chi connectivity index (χ4n) is 4.23. The van der Waals surface area contributed by atoms with Crippen LogP contribution in [0.3, 0.4) is 0 Å². The highest BCUT2D eigenvalue weighted by Gasteiger charge is 2.39. The zero-order valence-corrected chi connectivity index (χ0v) is 13.9. The van der Waals surface area contributed by atoms with Crippen molar-refractivity contribution in [2.45, 2.75) is 51.0 Å². The SMILES string of the molecule is NC(=O)N1C[C](CC2CCCCC2)C[C@H]1c1nc2ccccc2o1. The third kappa shape index (κ3) is 2.99. The number of aromatic nitrogens is 1. The molecule has 0 spiro atoms. The highest BCUT2D eigenvalue weighted by Crippen LogP contribution is 2.41. The molecule has 4 rings (SSSR count). The van der Waals surface area contributed by atoms with Crippen LogP contribution in [-0.2, 0) is 0 Å². The zero-order chi connectivity index (χ0) is 16.5. The number of rotatable bonds is 3. The Bertz CT molecular complexity index is 687. The zero-order valence-electron chi connectivity index (χ0n) is 13.9. The molecular formula is C19H24N3O2. The Balaban J connectivity index is 1.53. The van der Waals surface area contributed by atoms with Crippen LogP contribution in [0.2, 0.25) is 0 Å². The molecule has 2 aromatic rings. The number of primary amides is 1. The third-order valence-corrected chi connectivity index (χ3v) is 5.43. The van der Waals surface area contributed by atoms with Crippen LogP contribution in [0.25, 0.3) is 11.1 Å². The van der Waals surface area contributed by atoms with Crippen molar-refractivity contribution >= 4 is 17.1 Å². The van der Waals surface area contributed by atoms with Crippen LogP contribution < -0.4 is 5.73 Å². The highest BCUT2D eigenvalue weighted by atomic mass is 16.3. The molecular weight excluding hydrogens is 302 g/mol. The van der Waals surface area contributed by atoms with Crippen LogP contribution in [0, 0.1) is 11.8 Å². The molecule has 2 N–H and O–H groups in total. The normalized spacial score (nSPS) is 23.2. The van der Waals surface area contributed by atoms with Crippen molar-refractivity contribution in [3.05, 3.63) is 36.1 Å². The van der Waals surface area contributed by atoms with Crippen molar-refractivity contribution < 1.29 is 9.21 Å². The quantitative estimate of drug-likeness (QED) is 0.919. The largest absolute Gasteiger partial charge is 0.438 e. The van der Waals surface area contributed by atoms with E-state index in [0.29, 0.717) is 12.4 Å². The highest BCUT2D eigenvalue weighted by molar-refractivity contribution is 5.74. The Kier molecular flexibility index (Phi) is 4.17. The van der Waals surface area contributed by atoms with Gasteiger partial charge in [0, 0.05) is 6.54 Å². The molecule has 0 unspecified atom stereocenters. The topological polar surface area (TPSA) is 72.4 Å². The van der Waals surface area contributed by atoms with E-state index < -0.39 is 0 Å². The summed E-state index contributed by atoms with van der Waals surface area (Å²) in [5.74, 6) is 2.78. The predicted octanol–water partition coefficient (Wildman–Crippen LogP) is 4.20. The van der Waals surface area contributed by atoms with Crippen molar-refractivity contribution in [1.82, 2.24) is 9.88 Å². The molecule has 5 nitrogen and oxygen atoms in total. The first-order chi connectivity index (χ1) is 11.7. The van der Waals surface area contributed by atoms with Crippen LogP contribution in [0.5, 0.6) is 0 Å². The van der Waals surface area contributed by atoms with Gasteiger partial charge in [0.2, 0.25) is 5.89 Å². The van der Waals surface area contributed by atoms with E-state index in [2.05, 4.69) is 4.98 Å². The van der Waals surface area contributed by atoms with Gasteiger partial charge in [-0.05, 0) is 36.8 Å². The lowest BCUT2D eigenvalue weighted by Crippen LogP contribution is -2.35. The van der Waals surface area contributed by atoms with Crippen LogP contribution >= 0.6 is 0 Å². The van der Waals surface area contributed by atoms with E-state index in [0.717, 1.165) is 29.9 Å². The van der Waals surface area contributed by atoms with Crippen LogP contribution in [-0.4, -0.2) is 22.5 Å². The van der Waals surface area contributed by atoms with Crippen LogP contribution in [0.1, 0.15) is 56.9 Å². The summed E-state index contributed by atoms with van der Waals surface area (Å²) in [5, 5.41) is 0. The van der Waals surface area contributed by atoms with E-state index in [1.54, 1.807) is 4.90 Å². The molecule has 127 valence electrons. The lowest BCUT2D eigenvalue weighted by molar-refractivity contribution is 0.194. The Labute approximate surface area is 142 Å². The Morgan fingerprint density at radius 3 is 2.79 bits per heavy atom. The predicted molar refractivity (Wildman–Crippen MR) is 92.1 cm³/mol. The molecule has 0 bridgehead atoms. The van der Waals surface area contributed by atoms with Gasteiger partial charge >= 0.3 is 6.03 Å². The smallest absolute Gasteiger partial charge is 0.315 e. The Morgan fingerprint density at radius 1 is 1.25 bits per heavy atom. The maximum absolute atomic E-state index is 11.9. The van der Waals surface area contributed by atoms with E-state index in [1.165, 1.54) is 38.0 Å². The molecule has 2 fully saturated rings. The summed E-state index contributed by atoms with van der Waals surface area (Å²) in [5.41, 5.74) is 7.21. The molecule has 2 heterocycles. The van der Waals surface area contributed by atoms with Crippen molar-refractivity contribution in [3.63, 3.8) is 0 Å². The number of likely N-dealkylation sites (tertiary alicyclic amines) is 1. The fourth-order valence-corrected chi connectivity index (χ4v) is 4.23. The molecule has 1 aliphatic carbocycles. The minimum Gasteiger partial charge on any atom is -0.438 e. The van der Waals surface area contributed by atoms with E-state index in [4.69, 9.17) is 10.2 Å². The van der Waals surface area contributed by atoms with E-state index in [1.807, 2.05) is 24.3 Å². The molecule has 1 aromatic carbocycles. The molecule has 2 amide bonds. The minimum absolute atomic E-state index is 0.159. The lowest BCUT2D eigenvalue weighted by Gasteiger charge is -2.24. The molecule has 2 aliphatic rings. The van der Waals surface area contributed by atoms with Gasteiger partial charge < -0.3 is 15.1 Å². The van der Waals surface area contributed by atoms with Gasteiger partial charge in [-0.15, -0.1) is 0 Å². The Morgan fingerprint density at radius 2 is 2.04 bits per heavy atom. The average molecular weight is 326 g/mol. The standard InChI is InChI=1S/C19H24N3O2/c20-19(23)22-12-14(10-13-6-2-1-3-7-13)11-16(22)18-21-15-8-4-5-9-17(15)24-18/h4-5,8-9,13,16H,1-3,6-7,10-12H2,(H2,20,23)/t16-/m0/s1. The molecule has 1 atom stereocenters. The summed E-state index contributed by atoms with van der Waals surface area (Å²) in [6.07, 6.45) is 8.61. The number of nitrogens with zero attached hydrogens (tertiary/aromatic N) is 2. The second kappa shape index (κ2) is 6.46. The molecule has 24 heavy (non-hydrogen) atoms. The number of carbonyl (C=O) groups excluding carboxylic acids is 1. The van der Waals surface area contributed by atoms with Gasteiger partial charge in [0.15, 0.2) is 5.58 Å². The molecule has 1 radical (unpaired) electrons. The number of nitrogens with two attached hydrogens (primary N) is 1. The number of hydrogen-bond donors (Lipinski definition) is 1. The van der Waals surface area contributed by atoms with Gasteiger partial charge in [0.05, 0.1) is 0 Å². The van der Waals surface area contributed by atoms with Gasteiger partial charge in [-0.3, -0.25) is 0 Å². The second-order valence-corrected chi connectivity index (χ2v) is 7.16. The first kappa shape index (κ1) is 15.5. The third-order valence-electron chi connectivity index (χ3n) is 5.43. The molecule has 1 saturated carbocycles. The maximum atomic E-state index is 11.9. The van der Waals surface area contributed by atoms with Crippen molar-refractivity contribution in [3.8, 4) is 0 Å². The second-order valence-electron chi connectivity index (χ2n) is 7.16. The number of oxazole rings is 1. The lowest BCUT2D eigenvalue weighted by atomic mass is 9.82. The number of benzene rings is 1. The van der Waals surface area contributed by atoms with Crippen molar-refractivity contribution in [1.29, 1.82) is 0 Å². The summed E-state index contributed by atoms with van der Waals surface area (Å²) < 4.78 is 5.90. The van der Waals surface area contributed by atoms with Gasteiger partial charge in [0.25, 0.3) is 0 Å². The molecule has 1 aliphatic heterocycles. The average Bonchev–Trinajstić information content (AvgIpc) is 3.19. The van der Waals surface area contributed by atoms with Gasteiger partial charge in [-0.25, -0.2) is 9.78 Å². The molecule has 5 heteroatoms. The first-order valence-corrected chi connectivity index (χ1v) is 8.96. The van der Waals surface area contributed by atoms with Crippen LogP contribution in [0.15, 0.2) is 28.7 Å². The van der Waals surface area contributed by atoms with E-state index in [9.17, 15) is 4.79 Å². The molecule has 1 saturated heterocycles. The summed E-state index contributed by atoms with van der Waals surface area (Å²) in [4.78, 5) is 18.2. The Hall–Kier alpha value is -2.04. The number of amides is 2. The van der Waals surface area contributed by atoms with Gasteiger partial charge in [-0.1, -0.05) is 44.2 Å². The summed E-state index contributed by atoms with van der Waals surface area (Å²) in [6, 6.07) is 7.16. The number of para-hydroxylation sites is 2. The number of carbonyl (C=O) groups is 1. The fraction of sp³-hybridized carbons (Fsp3) is 0.526. The minimum atomic E-state index is -0.388. The maximum Gasteiger partial charge on any atom is 0.315 e. The van der Waals surface area contributed by atoms with Gasteiger partial charge in [-0.2, -0.15) is 0 Å². The van der Waals surface area contributed by atoms with Crippen molar-refractivity contribution in [2.75, 3.05) is 6.54 Å². The number of urea groups is 1. The summed E-state index contributed by atoms with van der Waals surface area (Å²) in [7, 11) is 0. The summed E-state index contributed by atoms with van der Waals surface area (Å²) in [6.45, 7) is 0.648. The summed E-state index contributed by atoms with van der Waals surface area (Å²) >= 11 is 0.